The number of furan rings is 1. The van der Waals surface area contributed by atoms with Gasteiger partial charge < -0.3 is 10.2 Å². The smallest absolute Gasteiger partial charge is 0.169 e. The lowest BCUT2D eigenvalue weighted by molar-refractivity contribution is 0.463. The van der Waals surface area contributed by atoms with Gasteiger partial charge in [0, 0.05) is 10.0 Å². The van der Waals surface area contributed by atoms with E-state index in [1.807, 2.05) is 0 Å². The summed E-state index contributed by atoms with van der Waals surface area (Å²) in [6.45, 7) is 0. The first-order valence-electron chi connectivity index (χ1n) is 4.53. The summed E-state index contributed by atoms with van der Waals surface area (Å²) in [5, 5.41) is 0. The van der Waals surface area contributed by atoms with Gasteiger partial charge in [-0.25, -0.2) is 4.39 Å². The normalized spacial score (nSPS) is 12.8. The van der Waals surface area contributed by atoms with Gasteiger partial charge in [-0.2, -0.15) is 0 Å². The Morgan fingerprint density at radius 2 is 1.94 bits per heavy atom. The lowest BCUT2D eigenvalue weighted by Crippen LogP contribution is -2.12. The van der Waals surface area contributed by atoms with Crippen LogP contribution in [0.2, 0.25) is 0 Å². The van der Waals surface area contributed by atoms with E-state index in [0.717, 1.165) is 0 Å². The third-order valence-corrected chi connectivity index (χ3v) is 3.12. The van der Waals surface area contributed by atoms with E-state index in [4.69, 9.17) is 10.2 Å². The Bertz CT molecular complexity index is 512. The van der Waals surface area contributed by atoms with Crippen molar-refractivity contribution in [3.8, 4) is 0 Å². The van der Waals surface area contributed by atoms with Crippen LogP contribution in [-0.2, 0) is 0 Å². The summed E-state index contributed by atoms with van der Waals surface area (Å²) in [6, 6.07) is 7.62. The van der Waals surface area contributed by atoms with E-state index in [1.54, 1.807) is 24.3 Å². The van der Waals surface area contributed by atoms with E-state index in [9.17, 15) is 4.39 Å². The molecular formula is C11H8Br2FNO. The highest BCUT2D eigenvalue weighted by atomic mass is 79.9. The Kier molecular flexibility index (Phi) is 3.47. The first-order valence-corrected chi connectivity index (χ1v) is 6.12. The van der Waals surface area contributed by atoms with Crippen LogP contribution < -0.4 is 5.73 Å². The van der Waals surface area contributed by atoms with Crippen LogP contribution in [0.5, 0.6) is 0 Å². The van der Waals surface area contributed by atoms with Gasteiger partial charge in [0.15, 0.2) is 4.67 Å². The minimum atomic E-state index is -0.598. The average Bonchev–Trinajstić information content (AvgIpc) is 2.64. The van der Waals surface area contributed by atoms with E-state index >= 15 is 0 Å². The molecule has 0 aliphatic rings. The van der Waals surface area contributed by atoms with Gasteiger partial charge in [0.25, 0.3) is 0 Å². The van der Waals surface area contributed by atoms with Crippen molar-refractivity contribution in [2.24, 2.45) is 5.73 Å². The second-order valence-electron chi connectivity index (χ2n) is 3.29. The Morgan fingerprint density at radius 3 is 2.50 bits per heavy atom. The van der Waals surface area contributed by atoms with Gasteiger partial charge >= 0.3 is 0 Å². The molecule has 0 radical (unpaired) electrons. The molecule has 2 aromatic rings. The predicted octanol–water partition coefficient (Wildman–Crippen LogP) is 3.99. The van der Waals surface area contributed by atoms with Crippen molar-refractivity contribution in [3.05, 3.63) is 56.6 Å². The fourth-order valence-corrected chi connectivity index (χ4v) is 2.05. The van der Waals surface area contributed by atoms with Crippen LogP contribution >= 0.6 is 31.9 Å². The zero-order valence-corrected chi connectivity index (χ0v) is 11.3. The van der Waals surface area contributed by atoms with Crippen molar-refractivity contribution in [1.82, 2.24) is 0 Å². The SMILES string of the molecule is NC(c1ccc(Br)o1)c1ccc(Br)cc1F. The highest BCUT2D eigenvalue weighted by molar-refractivity contribution is 9.10. The summed E-state index contributed by atoms with van der Waals surface area (Å²) in [4.78, 5) is 0. The van der Waals surface area contributed by atoms with Gasteiger partial charge in [0.1, 0.15) is 11.6 Å². The average molecular weight is 349 g/mol. The molecule has 0 fully saturated rings. The third kappa shape index (κ3) is 2.36. The minimum absolute atomic E-state index is 0.352. The molecule has 0 bridgehead atoms. The van der Waals surface area contributed by atoms with E-state index in [-0.39, 0.29) is 5.82 Å². The molecule has 2 N–H and O–H groups in total. The fraction of sp³-hybridized carbons (Fsp3) is 0.0909. The highest BCUT2D eigenvalue weighted by Crippen LogP contribution is 2.27. The molecule has 0 saturated heterocycles. The molecule has 0 amide bonds. The maximum atomic E-state index is 13.6. The first kappa shape index (κ1) is 11.8. The Labute approximate surface area is 109 Å². The molecule has 16 heavy (non-hydrogen) atoms. The van der Waals surface area contributed by atoms with Crippen LogP contribution in [0.4, 0.5) is 4.39 Å². The van der Waals surface area contributed by atoms with E-state index in [1.165, 1.54) is 6.07 Å². The molecule has 0 saturated carbocycles. The zero-order chi connectivity index (χ0) is 11.7. The number of hydrogen-bond donors (Lipinski definition) is 1. The van der Waals surface area contributed by atoms with Crippen molar-refractivity contribution < 1.29 is 8.81 Å². The molecule has 2 nitrogen and oxygen atoms in total. The van der Waals surface area contributed by atoms with E-state index < -0.39 is 6.04 Å². The zero-order valence-electron chi connectivity index (χ0n) is 8.08. The predicted molar refractivity (Wildman–Crippen MR) is 66.5 cm³/mol. The molecule has 1 aromatic heterocycles. The molecule has 0 spiro atoms. The topological polar surface area (TPSA) is 39.2 Å². The molecule has 1 heterocycles. The van der Waals surface area contributed by atoms with E-state index in [2.05, 4.69) is 31.9 Å². The molecule has 1 unspecified atom stereocenters. The molecule has 0 aliphatic carbocycles. The van der Waals surface area contributed by atoms with Gasteiger partial charge in [0.2, 0.25) is 0 Å². The number of nitrogens with two attached hydrogens (primary N) is 1. The molecule has 1 atom stereocenters. The molecule has 1 aromatic carbocycles. The monoisotopic (exact) mass is 347 g/mol. The van der Waals surface area contributed by atoms with Crippen LogP contribution in [0.3, 0.4) is 0 Å². The quantitative estimate of drug-likeness (QED) is 0.891. The van der Waals surface area contributed by atoms with Gasteiger partial charge in [-0.1, -0.05) is 22.0 Å². The second-order valence-corrected chi connectivity index (χ2v) is 4.98. The minimum Gasteiger partial charge on any atom is -0.452 e. The van der Waals surface area contributed by atoms with Gasteiger partial charge in [-0.05, 0) is 40.2 Å². The molecule has 84 valence electrons. The van der Waals surface area contributed by atoms with Crippen LogP contribution in [0, 0.1) is 5.82 Å². The summed E-state index contributed by atoms with van der Waals surface area (Å²) < 4.78 is 20.2. The Balaban J connectivity index is 2.37. The van der Waals surface area contributed by atoms with Crippen LogP contribution in [0.15, 0.2) is 43.9 Å². The van der Waals surface area contributed by atoms with Crippen LogP contribution in [-0.4, -0.2) is 0 Å². The van der Waals surface area contributed by atoms with Crippen molar-refractivity contribution in [2.75, 3.05) is 0 Å². The van der Waals surface area contributed by atoms with Crippen LogP contribution in [0.1, 0.15) is 17.4 Å². The number of hydrogen-bond acceptors (Lipinski definition) is 2. The van der Waals surface area contributed by atoms with Crippen LogP contribution in [0.25, 0.3) is 0 Å². The Morgan fingerprint density at radius 1 is 1.19 bits per heavy atom. The molecular weight excluding hydrogens is 341 g/mol. The lowest BCUT2D eigenvalue weighted by atomic mass is 10.1. The summed E-state index contributed by atoms with van der Waals surface area (Å²) >= 11 is 6.37. The third-order valence-electron chi connectivity index (χ3n) is 2.20. The van der Waals surface area contributed by atoms with E-state index in [0.29, 0.717) is 20.5 Å². The molecule has 0 aliphatic heterocycles. The van der Waals surface area contributed by atoms with Crippen molar-refractivity contribution >= 4 is 31.9 Å². The lowest BCUT2D eigenvalue weighted by Gasteiger charge is -2.10. The fourth-order valence-electron chi connectivity index (χ4n) is 1.40. The maximum absolute atomic E-state index is 13.6. The summed E-state index contributed by atoms with van der Waals surface area (Å²) in [6.07, 6.45) is 0. The van der Waals surface area contributed by atoms with Crippen molar-refractivity contribution in [2.45, 2.75) is 6.04 Å². The largest absolute Gasteiger partial charge is 0.452 e. The molecule has 2 rings (SSSR count). The molecule has 5 heteroatoms. The second kappa shape index (κ2) is 4.69. The highest BCUT2D eigenvalue weighted by Gasteiger charge is 2.16. The first-order chi connectivity index (χ1) is 7.58. The number of rotatable bonds is 2. The Hall–Kier alpha value is -0.650. The van der Waals surface area contributed by atoms with Crippen molar-refractivity contribution in [3.63, 3.8) is 0 Å². The summed E-state index contributed by atoms with van der Waals surface area (Å²) in [5.74, 6) is 0.169. The number of halogens is 3. The van der Waals surface area contributed by atoms with Gasteiger partial charge in [-0.15, -0.1) is 0 Å². The maximum Gasteiger partial charge on any atom is 0.169 e. The summed E-state index contributed by atoms with van der Waals surface area (Å²) in [7, 11) is 0. The van der Waals surface area contributed by atoms with Gasteiger partial charge in [-0.3, -0.25) is 0 Å². The van der Waals surface area contributed by atoms with Crippen molar-refractivity contribution in [1.29, 1.82) is 0 Å². The number of benzene rings is 1. The summed E-state index contributed by atoms with van der Waals surface area (Å²) in [5.41, 5.74) is 6.32. The van der Waals surface area contributed by atoms with Gasteiger partial charge in [0.05, 0.1) is 6.04 Å². The standard InChI is InChI=1S/C11H8Br2FNO/c12-6-1-2-7(8(14)5-6)11(15)9-3-4-10(13)16-9/h1-5,11H,15H2.